The summed E-state index contributed by atoms with van der Waals surface area (Å²) < 4.78 is 0. The molecular formula is C20H31N3O. The van der Waals surface area contributed by atoms with Crippen molar-refractivity contribution in [1.82, 2.24) is 15.1 Å². The maximum absolute atomic E-state index is 12.4. The van der Waals surface area contributed by atoms with Crippen LogP contribution < -0.4 is 5.32 Å². The second-order valence-electron chi connectivity index (χ2n) is 7.38. The highest BCUT2D eigenvalue weighted by Gasteiger charge is 2.31. The van der Waals surface area contributed by atoms with Crippen molar-refractivity contribution in [3.05, 3.63) is 35.4 Å². The molecule has 0 bridgehead atoms. The van der Waals surface area contributed by atoms with Gasteiger partial charge in [0.15, 0.2) is 0 Å². The number of hydrogen-bond donors (Lipinski definition) is 1. The minimum Gasteiger partial charge on any atom is -0.340 e. The van der Waals surface area contributed by atoms with Crippen LogP contribution in [-0.2, 0) is 4.79 Å². The largest absolute Gasteiger partial charge is 0.340 e. The molecule has 0 radical (unpaired) electrons. The normalized spacial score (nSPS) is 24.5. The van der Waals surface area contributed by atoms with Crippen LogP contribution in [0.25, 0.3) is 0 Å². The molecule has 2 aliphatic rings. The van der Waals surface area contributed by atoms with Gasteiger partial charge >= 0.3 is 0 Å². The van der Waals surface area contributed by atoms with E-state index in [1.165, 1.54) is 30.4 Å². The standard InChI is InChI=1S/C20H31N3O/c1-16-6-8-17(9-7-16)18-4-3-5-19(18)22(2)13-10-20(24)23-14-11-21-12-15-23/h6-9,18-19,21H,3-5,10-15H2,1-2H3. The number of nitrogens with one attached hydrogen (secondary N) is 1. The van der Waals surface area contributed by atoms with Crippen molar-refractivity contribution < 1.29 is 4.79 Å². The van der Waals surface area contributed by atoms with Crippen LogP contribution in [0.4, 0.5) is 0 Å². The zero-order valence-corrected chi connectivity index (χ0v) is 15.1. The van der Waals surface area contributed by atoms with Crippen LogP contribution in [-0.4, -0.2) is 61.5 Å². The van der Waals surface area contributed by atoms with Crippen molar-refractivity contribution in [3.63, 3.8) is 0 Å². The van der Waals surface area contributed by atoms with E-state index in [0.29, 0.717) is 24.3 Å². The van der Waals surface area contributed by atoms with Crippen LogP contribution in [0.1, 0.15) is 42.7 Å². The number of amides is 1. The van der Waals surface area contributed by atoms with Gasteiger partial charge in [0.1, 0.15) is 0 Å². The Labute approximate surface area is 146 Å². The third-order valence-corrected chi connectivity index (χ3v) is 5.70. The Morgan fingerprint density at radius 2 is 1.92 bits per heavy atom. The van der Waals surface area contributed by atoms with Gasteiger partial charge in [-0.15, -0.1) is 0 Å². The van der Waals surface area contributed by atoms with E-state index in [1.54, 1.807) is 0 Å². The van der Waals surface area contributed by atoms with Gasteiger partial charge in [-0.05, 0) is 38.3 Å². The van der Waals surface area contributed by atoms with Gasteiger partial charge in [-0.25, -0.2) is 0 Å². The monoisotopic (exact) mass is 329 g/mol. The van der Waals surface area contributed by atoms with Crippen LogP contribution in [0, 0.1) is 6.92 Å². The summed E-state index contributed by atoms with van der Waals surface area (Å²) in [5.74, 6) is 0.929. The fourth-order valence-corrected chi connectivity index (χ4v) is 4.18. The summed E-state index contributed by atoms with van der Waals surface area (Å²) in [7, 11) is 2.20. The Kier molecular flexibility index (Phi) is 5.90. The molecule has 1 saturated heterocycles. The van der Waals surface area contributed by atoms with Gasteiger partial charge in [0, 0.05) is 45.2 Å². The number of carbonyl (C=O) groups is 1. The molecular weight excluding hydrogens is 298 g/mol. The van der Waals surface area contributed by atoms with E-state index in [1.807, 2.05) is 4.90 Å². The Balaban J connectivity index is 1.54. The lowest BCUT2D eigenvalue weighted by Gasteiger charge is -2.32. The average molecular weight is 329 g/mol. The molecule has 1 aliphatic heterocycles. The van der Waals surface area contributed by atoms with Gasteiger partial charge in [0.2, 0.25) is 5.91 Å². The molecule has 2 unspecified atom stereocenters. The fourth-order valence-electron chi connectivity index (χ4n) is 4.18. The second kappa shape index (κ2) is 8.13. The molecule has 1 aromatic rings. The number of benzene rings is 1. The van der Waals surface area contributed by atoms with Crippen molar-refractivity contribution in [1.29, 1.82) is 0 Å². The quantitative estimate of drug-likeness (QED) is 0.901. The summed E-state index contributed by atoms with van der Waals surface area (Å²) in [6.45, 7) is 6.59. The first kappa shape index (κ1) is 17.4. The number of rotatable bonds is 5. The molecule has 1 aromatic carbocycles. The van der Waals surface area contributed by atoms with Gasteiger partial charge in [0.25, 0.3) is 0 Å². The Bertz CT molecular complexity index is 536. The predicted octanol–water partition coefficient (Wildman–Crippen LogP) is 2.38. The average Bonchev–Trinajstić information content (AvgIpc) is 3.10. The number of nitrogens with zero attached hydrogens (tertiary/aromatic N) is 2. The van der Waals surface area contributed by atoms with Crippen LogP contribution in [0.5, 0.6) is 0 Å². The summed E-state index contributed by atoms with van der Waals surface area (Å²) in [5, 5.41) is 3.30. The Morgan fingerprint density at radius 1 is 1.21 bits per heavy atom. The van der Waals surface area contributed by atoms with Gasteiger partial charge in [0.05, 0.1) is 0 Å². The van der Waals surface area contributed by atoms with Crippen LogP contribution >= 0.6 is 0 Å². The predicted molar refractivity (Wildman–Crippen MR) is 98.3 cm³/mol. The summed E-state index contributed by atoms with van der Waals surface area (Å²) in [6.07, 6.45) is 4.45. The van der Waals surface area contributed by atoms with Crippen molar-refractivity contribution in [2.24, 2.45) is 0 Å². The van der Waals surface area contributed by atoms with E-state index in [0.717, 1.165) is 32.7 Å². The third kappa shape index (κ3) is 4.17. The van der Waals surface area contributed by atoms with E-state index in [4.69, 9.17) is 0 Å². The Morgan fingerprint density at radius 3 is 2.62 bits per heavy atom. The molecule has 3 rings (SSSR count). The molecule has 4 heteroatoms. The fraction of sp³-hybridized carbons (Fsp3) is 0.650. The first-order valence-electron chi connectivity index (χ1n) is 9.40. The van der Waals surface area contributed by atoms with E-state index in [9.17, 15) is 4.79 Å². The number of hydrogen-bond acceptors (Lipinski definition) is 3. The van der Waals surface area contributed by atoms with Gasteiger partial charge in [-0.2, -0.15) is 0 Å². The maximum atomic E-state index is 12.4. The third-order valence-electron chi connectivity index (χ3n) is 5.70. The number of carbonyl (C=O) groups excluding carboxylic acids is 1. The lowest BCUT2D eigenvalue weighted by Crippen LogP contribution is -2.47. The lowest BCUT2D eigenvalue weighted by molar-refractivity contribution is -0.132. The molecule has 1 N–H and O–H groups in total. The van der Waals surface area contributed by atoms with Gasteiger partial charge < -0.3 is 15.1 Å². The van der Waals surface area contributed by atoms with Crippen LogP contribution in [0.2, 0.25) is 0 Å². The minimum atomic E-state index is 0.313. The number of likely N-dealkylation sites (N-methyl/N-ethyl adjacent to an activating group) is 1. The van der Waals surface area contributed by atoms with Crippen LogP contribution in [0.3, 0.4) is 0 Å². The molecule has 2 atom stereocenters. The summed E-state index contributed by atoms with van der Waals surface area (Å²) in [6, 6.07) is 9.59. The van der Waals surface area contributed by atoms with Gasteiger partial charge in [-0.1, -0.05) is 36.2 Å². The molecule has 4 nitrogen and oxygen atoms in total. The van der Waals surface area contributed by atoms with E-state index >= 15 is 0 Å². The van der Waals surface area contributed by atoms with Crippen molar-refractivity contribution in [2.45, 2.75) is 44.6 Å². The molecule has 0 spiro atoms. The smallest absolute Gasteiger partial charge is 0.223 e. The molecule has 1 aliphatic carbocycles. The minimum absolute atomic E-state index is 0.313. The number of aryl methyl sites for hydroxylation is 1. The highest BCUT2D eigenvalue weighted by molar-refractivity contribution is 5.76. The van der Waals surface area contributed by atoms with Crippen molar-refractivity contribution in [3.8, 4) is 0 Å². The zero-order valence-electron chi connectivity index (χ0n) is 15.1. The van der Waals surface area contributed by atoms with E-state index in [2.05, 4.69) is 48.5 Å². The molecule has 132 valence electrons. The first-order chi connectivity index (χ1) is 11.6. The van der Waals surface area contributed by atoms with Gasteiger partial charge in [-0.3, -0.25) is 4.79 Å². The van der Waals surface area contributed by atoms with Crippen LogP contribution in [0.15, 0.2) is 24.3 Å². The molecule has 24 heavy (non-hydrogen) atoms. The second-order valence-corrected chi connectivity index (χ2v) is 7.38. The van der Waals surface area contributed by atoms with E-state index in [-0.39, 0.29) is 0 Å². The maximum Gasteiger partial charge on any atom is 0.223 e. The van der Waals surface area contributed by atoms with Crippen molar-refractivity contribution >= 4 is 5.91 Å². The molecule has 2 fully saturated rings. The summed E-state index contributed by atoms with van der Waals surface area (Å²) >= 11 is 0. The molecule has 1 heterocycles. The molecule has 1 amide bonds. The molecule has 1 saturated carbocycles. The summed E-state index contributed by atoms with van der Waals surface area (Å²) in [5.41, 5.74) is 2.78. The first-order valence-corrected chi connectivity index (χ1v) is 9.40. The topological polar surface area (TPSA) is 35.6 Å². The lowest BCUT2D eigenvalue weighted by atomic mass is 9.92. The van der Waals surface area contributed by atoms with Crippen molar-refractivity contribution in [2.75, 3.05) is 39.8 Å². The Hall–Kier alpha value is -1.39. The highest BCUT2D eigenvalue weighted by Crippen LogP contribution is 2.37. The number of piperazine rings is 1. The SMILES string of the molecule is Cc1ccc(C2CCCC2N(C)CCC(=O)N2CCNCC2)cc1. The highest BCUT2D eigenvalue weighted by atomic mass is 16.2. The van der Waals surface area contributed by atoms with E-state index < -0.39 is 0 Å². The zero-order chi connectivity index (χ0) is 16.9. The summed E-state index contributed by atoms with van der Waals surface area (Å²) in [4.78, 5) is 16.8. The molecule has 0 aromatic heterocycles.